The van der Waals surface area contributed by atoms with Crippen molar-refractivity contribution in [1.29, 1.82) is 0 Å². The molecule has 7 heteroatoms. The number of nitrogens with one attached hydrogen (secondary N) is 2. The Hall–Kier alpha value is -3.48. The highest BCUT2D eigenvalue weighted by atomic mass is 19.1. The maximum Gasteiger partial charge on any atom is 0.272 e. The molecular weight excluding hydrogens is 333 g/mol. The van der Waals surface area contributed by atoms with E-state index in [9.17, 15) is 9.18 Å². The van der Waals surface area contributed by atoms with E-state index in [0.29, 0.717) is 5.69 Å². The fourth-order valence-corrected chi connectivity index (χ4v) is 2.93. The molecule has 0 saturated carbocycles. The molecule has 130 valence electrons. The SMILES string of the molecule is Cn1nc(C(=O)NCc2c[nH]c3ccc(F)cc23)cc1-c1cccnc1. The second-order valence-electron chi connectivity index (χ2n) is 5.97. The van der Waals surface area contributed by atoms with Gasteiger partial charge in [0.15, 0.2) is 5.69 Å². The number of amides is 1. The number of aryl methyl sites for hydroxylation is 1. The Kier molecular flexibility index (Phi) is 3.96. The molecule has 3 aromatic heterocycles. The first-order chi connectivity index (χ1) is 12.6. The summed E-state index contributed by atoms with van der Waals surface area (Å²) in [5, 5.41) is 7.86. The average Bonchev–Trinajstić information content (AvgIpc) is 3.23. The second kappa shape index (κ2) is 6.44. The van der Waals surface area contributed by atoms with Crippen molar-refractivity contribution in [2.45, 2.75) is 6.54 Å². The summed E-state index contributed by atoms with van der Waals surface area (Å²) in [4.78, 5) is 19.6. The van der Waals surface area contributed by atoms with Crippen molar-refractivity contribution in [3.8, 4) is 11.3 Å². The number of aromatic amines is 1. The number of fused-ring (bicyclic) bond motifs is 1. The first-order valence-electron chi connectivity index (χ1n) is 8.10. The van der Waals surface area contributed by atoms with Gasteiger partial charge in [-0.15, -0.1) is 0 Å². The van der Waals surface area contributed by atoms with Gasteiger partial charge in [0.1, 0.15) is 5.82 Å². The molecule has 0 spiro atoms. The van der Waals surface area contributed by atoms with Crippen LogP contribution in [0.2, 0.25) is 0 Å². The minimum atomic E-state index is -0.310. The number of benzene rings is 1. The third kappa shape index (κ3) is 2.95. The monoisotopic (exact) mass is 349 g/mol. The predicted molar refractivity (Wildman–Crippen MR) is 95.9 cm³/mol. The van der Waals surface area contributed by atoms with E-state index < -0.39 is 0 Å². The third-order valence-electron chi connectivity index (χ3n) is 4.24. The normalized spacial score (nSPS) is 11.0. The largest absolute Gasteiger partial charge is 0.361 e. The molecule has 0 radical (unpaired) electrons. The Balaban J connectivity index is 1.53. The van der Waals surface area contributed by atoms with E-state index in [-0.39, 0.29) is 18.3 Å². The summed E-state index contributed by atoms with van der Waals surface area (Å²) in [5.41, 5.74) is 3.65. The second-order valence-corrected chi connectivity index (χ2v) is 5.97. The molecule has 6 nitrogen and oxygen atoms in total. The van der Waals surface area contributed by atoms with Crippen LogP contribution in [-0.2, 0) is 13.6 Å². The predicted octanol–water partition coefficient (Wildman–Crippen LogP) is 3.03. The number of pyridine rings is 1. The molecule has 2 N–H and O–H groups in total. The summed E-state index contributed by atoms with van der Waals surface area (Å²) >= 11 is 0. The van der Waals surface area contributed by atoms with E-state index in [2.05, 4.69) is 20.4 Å². The van der Waals surface area contributed by atoms with Gasteiger partial charge in [-0.1, -0.05) is 0 Å². The van der Waals surface area contributed by atoms with Crippen LogP contribution in [0.15, 0.2) is 55.0 Å². The van der Waals surface area contributed by atoms with Crippen molar-refractivity contribution in [3.63, 3.8) is 0 Å². The lowest BCUT2D eigenvalue weighted by Gasteiger charge is -2.02. The van der Waals surface area contributed by atoms with Crippen LogP contribution in [0.3, 0.4) is 0 Å². The highest BCUT2D eigenvalue weighted by Gasteiger charge is 2.14. The van der Waals surface area contributed by atoms with E-state index in [1.807, 2.05) is 12.1 Å². The zero-order valence-corrected chi connectivity index (χ0v) is 14.0. The lowest BCUT2D eigenvalue weighted by atomic mass is 10.1. The van der Waals surface area contributed by atoms with Gasteiger partial charge in [-0.3, -0.25) is 14.5 Å². The Labute approximate surface area is 148 Å². The van der Waals surface area contributed by atoms with Gasteiger partial charge >= 0.3 is 0 Å². The van der Waals surface area contributed by atoms with Gasteiger partial charge in [-0.25, -0.2) is 4.39 Å². The van der Waals surface area contributed by atoms with Crippen LogP contribution >= 0.6 is 0 Å². The van der Waals surface area contributed by atoms with Gasteiger partial charge < -0.3 is 10.3 Å². The number of aromatic nitrogens is 4. The van der Waals surface area contributed by atoms with E-state index >= 15 is 0 Å². The molecule has 0 unspecified atom stereocenters. The van der Waals surface area contributed by atoms with Crippen LogP contribution in [0.25, 0.3) is 22.2 Å². The summed E-state index contributed by atoms with van der Waals surface area (Å²) in [6.07, 6.45) is 5.18. The van der Waals surface area contributed by atoms with Crippen LogP contribution in [0.4, 0.5) is 4.39 Å². The van der Waals surface area contributed by atoms with Crippen LogP contribution in [0.5, 0.6) is 0 Å². The van der Waals surface area contributed by atoms with Crippen LogP contribution in [-0.4, -0.2) is 25.7 Å². The number of carbonyl (C=O) groups excluding carboxylic acids is 1. The number of halogens is 1. The lowest BCUT2D eigenvalue weighted by Crippen LogP contribution is -2.23. The highest BCUT2D eigenvalue weighted by molar-refractivity contribution is 5.93. The molecule has 0 aliphatic carbocycles. The number of nitrogens with zero attached hydrogens (tertiary/aromatic N) is 3. The first-order valence-corrected chi connectivity index (χ1v) is 8.10. The Morgan fingerprint density at radius 1 is 1.31 bits per heavy atom. The molecule has 3 heterocycles. The maximum atomic E-state index is 13.4. The topological polar surface area (TPSA) is 75.6 Å². The standard InChI is InChI=1S/C19H16FN5O/c1-25-18(12-3-2-6-21-9-12)8-17(24-25)19(26)23-11-13-10-22-16-5-4-14(20)7-15(13)16/h2-10,22H,11H2,1H3,(H,23,26). The number of carbonyl (C=O) groups is 1. The molecule has 0 atom stereocenters. The summed E-state index contributed by atoms with van der Waals surface area (Å²) in [7, 11) is 1.78. The molecule has 0 aliphatic heterocycles. The third-order valence-corrected chi connectivity index (χ3v) is 4.24. The minimum Gasteiger partial charge on any atom is -0.361 e. The average molecular weight is 349 g/mol. The summed E-state index contributed by atoms with van der Waals surface area (Å²) in [6.45, 7) is 0.279. The quantitative estimate of drug-likeness (QED) is 0.595. The Morgan fingerprint density at radius 2 is 2.19 bits per heavy atom. The van der Waals surface area contributed by atoms with Crippen LogP contribution < -0.4 is 5.32 Å². The number of hydrogen-bond acceptors (Lipinski definition) is 3. The van der Waals surface area contributed by atoms with Gasteiger partial charge in [0, 0.05) is 48.6 Å². The molecule has 4 rings (SSSR count). The molecule has 0 aliphatic rings. The Bertz CT molecular complexity index is 1080. The molecule has 4 aromatic rings. The number of hydrogen-bond donors (Lipinski definition) is 2. The van der Waals surface area contributed by atoms with E-state index in [1.54, 1.807) is 42.5 Å². The van der Waals surface area contributed by atoms with Gasteiger partial charge in [0.2, 0.25) is 0 Å². The highest BCUT2D eigenvalue weighted by Crippen LogP contribution is 2.20. The van der Waals surface area contributed by atoms with Gasteiger partial charge in [0.05, 0.1) is 5.69 Å². The molecular formula is C19H16FN5O. The molecule has 1 aromatic carbocycles. The van der Waals surface area contributed by atoms with Gasteiger partial charge in [0.25, 0.3) is 5.91 Å². The number of rotatable bonds is 4. The van der Waals surface area contributed by atoms with Gasteiger partial charge in [-0.2, -0.15) is 5.10 Å². The molecule has 0 saturated heterocycles. The molecule has 1 amide bonds. The summed E-state index contributed by atoms with van der Waals surface area (Å²) < 4.78 is 15.1. The number of H-pyrrole nitrogens is 1. The first kappa shape index (κ1) is 16.0. The van der Waals surface area contributed by atoms with Crippen molar-refractivity contribution in [3.05, 3.63) is 72.1 Å². The summed E-state index contributed by atoms with van der Waals surface area (Å²) in [6, 6.07) is 9.99. The van der Waals surface area contributed by atoms with Crippen molar-refractivity contribution < 1.29 is 9.18 Å². The lowest BCUT2D eigenvalue weighted by molar-refractivity contribution is 0.0945. The molecule has 0 bridgehead atoms. The maximum absolute atomic E-state index is 13.4. The van der Waals surface area contributed by atoms with Crippen molar-refractivity contribution in [2.24, 2.45) is 7.05 Å². The molecule has 0 fully saturated rings. The summed E-state index contributed by atoms with van der Waals surface area (Å²) in [5.74, 6) is -0.600. The van der Waals surface area contributed by atoms with E-state index in [1.165, 1.54) is 12.1 Å². The van der Waals surface area contributed by atoms with E-state index in [4.69, 9.17) is 0 Å². The molecule has 26 heavy (non-hydrogen) atoms. The Morgan fingerprint density at radius 3 is 3.00 bits per heavy atom. The zero-order valence-electron chi connectivity index (χ0n) is 14.0. The fourth-order valence-electron chi connectivity index (χ4n) is 2.93. The van der Waals surface area contributed by atoms with Crippen LogP contribution in [0, 0.1) is 5.82 Å². The smallest absolute Gasteiger partial charge is 0.272 e. The van der Waals surface area contributed by atoms with Crippen molar-refractivity contribution >= 4 is 16.8 Å². The van der Waals surface area contributed by atoms with Gasteiger partial charge in [-0.05, 0) is 42.0 Å². The zero-order chi connectivity index (χ0) is 18.1. The van der Waals surface area contributed by atoms with Crippen molar-refractivity contribution in [2.75, 3.05) is 0 Å². The fraction of sp³-hybridized carbons (Fsp3) is 0.105. The van der Waals surface area contributed by atoms with Crippen molar-refractivity contribution in [1.82, 2.24) is 25.1 Å². The van der Waals surface area contributed by atoms with E-state index in [0.717, 1.165) is 27.7 Å². The minimum absolute atomic E-state index is 0.279. The van der Waals surface area contributed by atoms with Crippen LogP contribution in [0.1, 0.15) is 16.1 Å².